The Morgan fingerprint density at radius 2 is 2.00 bits per heavy atom. The van der Waals surface area contributed by atoms with E-state index < -0.39 is 66.8 Å². The molecule has 8 N–H and O–H groups in total. The predicted molar refractivity (Wildman–Crippen MR) is 134 cm³/mol. The highest BCUT2D eigenvalue weighted by Gasteiger charge is 2.38. The highest BCUT2D eigenvalue weighted by atomic mass is 16.6. The molecule has 0 unspecified atom stereocenters. The van der Waals surface area contributed by atoms with Crippen LogP contribution in [-0.2, 0) is 19.1 Å². The summed E-state index contributed by atoms with van der Waals surface area (Å²) in [6.07, 6.45) is 1.78. The number of aliphatic hydroxyl groups excluding tert-OH is 2. The zero-order valence-electron chi connectivity index (χ0n) is 21.2. The van der Waals surface area contributed by atoms with E-state index in [4.69, 9.17) is 20.9 Å². The van der Waals surface area contributed by atoms with Gasteiger partial charge < -0.3 is 36.5 Å². The molecule has 1 saturated heterocycles. The van der Waals surface area contributed by atoms with Gasteiger partial charge in [0.25, 0.3) is 0 Å². The van der Waals surface area contributed by atoms with Crippen molar-refractivity contribution in [2.24, 2.45) is 17.4 Å². The predicted octanol–water partition coefficient (Wildman–Crippen LogP) is -0.745. The number of nitrogens with two attached hydrogens (primary N) is 2. The van der Waals surface area contributed by atoms with E-state index in [1.807, 2.05) is 0 Å². The largest absolute Gasteiger partial charge is 0.443 e. The lowest BCUT2D eigenvalue weighted by Gasteiger charge is -2.26. The highest BCUT2D eigenvalue weighted by Crippen LogP contribution is 2.32. The minimum absolute atomic E-state index is 0.166. The number of anilines is 1. The van der Waals surface area contributed by atoms with Gasteiger partial charge in [0, 0.05) is 11.8 Å². The van der Waals surface area contributed by atoms with Crippen LogP contribution < -0.4 is 27.8 Å². The number of hydrogen-bond acceptors (Lipinski definition) is 10. The number of rotatable bonds is 10. The molecule has 1 aliphatic heterocycles. The van der Waals surface area contributed by atoms with Gasteiger partial charge in [-0.1, -0.05) is 38.7 Å². The SMILES string of the molecule is C=C1[C@H](n2ccc(NC(=O)O[C@@H](C)[C@@H](NC(=O)[C@@H](N)CC3CCCCC3)C(N)=O)nc2=O)O[C@H](CO)[C@H]1O. The van der Waals surface area contributed by atoms with Gasteiger partial charge in [0.1, 0.15) is 30.2 Å². The van der Waals surface area contributed by atoms with Gasteiger partial charge in [0.05, 0.1) is 12.6 Å². The number of primary amides is 1. The van der Waals surface area contributed by atoms with Crippen LogP contribution in [0.2, 0.25) is 0 Å². The normalized spacial score (nSPS) is 24.3. The Morgan fingerprint density at radius 3 is 2.58 bits per heavy atom. The summed E-state index contributed by atoms with van der Waals surface area (Å²) < 4.78 is 11.7. The summed E-state index contributed by atoms with van der Waals surface area (Å²) in [5.41, 5.74) is 10.8. The second-order valence-electron chi connectivity index (χ2n) is 9.70. The molecule has 38 heavy (non-hydrogen) atoms. The van der Waals surface area contributed by atoms with Crippen molar-refractivity contribution < 1.29 is 34.1 Å². The van der Waals surface area contributed by atoms with Gasteiger partial charge in [0.2, 0.25) is 11.8 Å². The molecule has 0 radical (unpaired) electrons. The van der Waals surface area contributed by atoms with E-state index >= 15 is 0 Å². The Labute approximate surface area is 219 Å². The van der Waals surface area contributed by atoms with Crippen LogP contribution in [0, 0.1) is 5.92 Å². The van der Waals surface area contributed by atoms with Gasteiger partial charge in [0.15, 0.2) is 6.23 Å². The second kappa shape index (κ2) is 13.0. The lowest BCUT2D eigenvalue weighted by molar-refractivity contribution is -0.130. The van der Waals surface area contributed by atoms with Crippen molar-refractivity contribution in [3.05, 3.63) is 34.9 Å². The van der Waals surface area contributed by atoms with Gasteiger partial charge in [-0.3, -0.25) is 19.5 Å². The van der Waals surface area contributed by atoms with Gasteiger partial charge in [-0.2, -0.15) is 4.98 Å². The standard InChI is InChI=1S/C24H36N6O8/c1-12-19(32)16(11-31)38-22(12)30-9-8-17(27-23(30)35)28-24(36)37-13(2)18(20(26)33)29-21(34)15(25)10-14-6-4-3-5-7-14/h8-9,13-16,18-19,22,31-32H,1,3-7,10-11,25H2,2H3,(H2,26,33)(H,29,34)(H,27,28,35,36)/t13-,15-,16+,18+,19-,22+/m0/s1. The molecule has 14 nitrogen and oxygen atoms in total. The zero-order chi connectivity index (χ0) is 28.0. The van der Waals surface area contributed by atoms with E-state index in [9.17, 15) is 29.4 Å². The fraction of sp³-hybridized carbons (Fsp3) is 0.625. The van der Waals surface area contributed by atoms with Crippen LogP contribution in [0.25, 0.3) is 0 Å². The number of nitrogens with one attached hydrogen (secondary N) is 2. The molecule has 1 aliphatic carbocycles. The molecular formula is C24H36N6O8. The van der Waals surface area contributed by atoms with Crippen LogP contribution >= 0.6 is 0 Å². The zero-order valence-corrected chi connectivity index (χ0v) is 21.2. The molecule has 0 spiro atoms. The Morgan fingerprint density at radius 1 is 1.32 bits per heavy atom. The van der Waals surface area contributed by atoms with Gasteiger partial charge in [-0.05, 0) is 25.3 Å². The molecule has 14 heteroatoms. The highest BCUT2D eigenvalue weighted by molar-refractivity contribution is 5.90. The van der Waals surface area contributed by atoms with Crippen LogP contribution in [0.3, 0.4) is 0 Å². The third-order valence-electron chi connectivity index (χ3n) is 6.86. The molecule has 1 saturated carbocycles. The first-order valence-corrected chi connectivity index (χ1v) is 12.6. The van der Waals surface area contributed by atoms with Crippen LogP contribution in [0.4, 0.5) is 10.6 Å². The van der Waals surface area contributed by atoms with Crippen molar-refractivity contribution >= 4 is 23.7 Å². The maximum atomic E-state index is 12.6. The number of hydrogen-bond donors (Lipinski definition) is 6. The molecule has 0 bridgehead atoms. The number of amides is 3. The maximum absolute atomic E-state index is 12.6. The van der Waals surface area contributed by atoms with Crippen molar-refractivity contribution in [1.82, 2.24) is 14.9 Å². The Kier molecular flexibility index (Phi) is 9.96. The van der Waals surface area contributed by atoms with E-state index in [0.717, 1.165) is 30.3 Å². The number of nitrogens with zero attached hydrogens (tertiary/aromatic N) is 2. The molecule has 2 aliphatic rings. The molecule has 3 rings (SSSR count). The van der Waals surface area contributed by atoms with Crippen molar-refractivity contribution in [1.29, 1.82) is 0 Å². The molecule has 1 aromatic heterocycles. The molecule has 2 fully saturated rings. The van der Waals surface area contributed by atoms with Crippen LogP contribution in [0.5, 0.6) is 0 Å². The summed E-state index contributed by atoms with van der Waals surface area (Å²) >= 11 is 0. The molecular weight excluding hydrogens is 500 g/mol. The van der Waals surface area contributed by atoms with Gasteiger partial charge >= 0.3 is 11.8 Å². The lowest BCUT2D eigenvalue weighted by atomic mass is 9.85. The van der Waals surface area contributed by atoms with Gasteiger partial charge in [-0.25, -0.2) is 9.59 Å². The minimum atomic E-state index is -1.33. The molecule has 6 atom stereocenters. The van der Waals surface area contributed by atoms with E-state index in [-0.39, 0.29) is 11.4 Å². The molecule has 1 aromatic rings. The summed E-state index contributed by atoms with van der Waals surface area (Å²) in [6, 6.07) is -0.881. The molecule has 0 aromatic carbocycles. The quantitative estimate of drug-likeness (QED) is 0.205. The van der Waals surface area contributed by atoms with Crippen LogP contribution in [-0.4, -0.2) is 74.7 Å². The van der Waals surface area contributed by atoms with E-state index in [1.165, 1.54) is 25.6 Å². The summed E-state index contributed by atoms with van der Waals surface area (Å²) in [6.45, 7) is 4.59. The average Bonchev–Trinajstić information content (AvgIpc) is 3.15. The molecule has 210 valence electrons. The minimum Gasteiger partial charge on any atom is -0.443 e. The lowest BCUT2D eigenvalue weighted by Crippen LogP contribution is -2.56. The third-order valence-corrected chi connectivity index (χ3v) is 6.86. The van der Waals surface area contributed by atoms with Crippen LogP contribution in [0.1, 0.15) is 51.7 Å². The Hall–Kier alpha value is -3.33. The number of ether oxygens (including phenoxy) is 2. The number of carbonyl (C=O) groups is 3. The van der Waals surface area contributed by atoms with Crippen molar-refractivity contribution in [3.8, 4) is 0 Å². The second-order valence-corrected chi connectivity index (χ2v) is 9.70. The first-order valence-electron chi connectivity index (χ1n) is 12.6. The van der Waals surface area contributed by atoms with Gasteiger partial charge in [-0.15, -0.1) is 0 Å². The maximum Gasteiger partial charge on any atom is 0.413 e. The summed E-state index contributed by atoms with van der Waals surface area (Å²) in [4.78, 5) is 53.2. The van der Waals surface area contributed by atoms with Crippen molar-refractivity contribution in [3.63, 3.8) is 0 Å². The first kappa shape index (κ1) is 29.2. The van der Waals surface area contributed by atoms with E-state index in [2.05, 4.69) is 22.2 Å². The van der Waals surface area contributed by atoms with E-state index in [1.54, 1.807) is 0 Å². The topological polar surface area (TPSA) is 221 Å². The fourth-order valence-electron chi connectivity index (χ4n) is 4.70. The first-order chi connectivity index (χ1) is 18.0. The third kappa shape index (κ3) is 7.16. The monoisotopic (exact) mass is 536 g/mol. The van der Waals surface area contributed by atoms with Crippen molar-refractivity contribution in [2.45, 2.75) is 82.1 Å². The van der Waals surface area contributed by atoms with Crippen LogP contribution in [0.15, 0.2) is 29.2 Å². The molecule has 2 heterocycles. The molecule has 3 amide bonds. The Bertz CT molecular complexity index is 1090. The number of aromatic nitrogens is 2. The van der Waals surface area contributed by atoms with E-state index in [0.29, 0.717) is 12.3 Å². The number of carbonyl (C=O) groups excluding carboxylic acids is 3. The number of aliphatic hydroxyl groups is 2. The fourth-order valence-corrected chi connectivity index (χ4v) is 4.70. The smallest absolute Gasteiger partial charge is 0.413 e. The Balaban J connectivity index is 1.56. The summed E-state index contributed by atoms with van der Waals surface area (Å²) in [7, 11) is 0. The van der Waals surface area contributed by atoms with Crippen molar-refractivity contribution in [2.75, 3.05) is 11.9 Å². The average molecular weight is 537 g/mol. The summed E-state index contributed by atoms with van der Waals surface area (Å²) in [5.74, 6) is -1.30. The summed E-state index contributed by atoms with van der Waals surface area (Å²) in [5, 5.41) is 24.0.